The van der Waals surface area contributed by atoms with Gasteiger partial charge in [-0.2, -0.15) is 0 Å². The third-order valence-corrected chi connectivity index (χ3v) is 4.55. The number of anilines is 2. The SMILES string of the molecule is O=C(Nc1ccccc1C(=O)Nc1ccc(Oc2ccccc2)cc1)c1ccccc1. The molecule has 0 fully saturated rings. The summed E-state index contributed by atoms with van der Waals surface area (Å²) in [6.07, 6.45) is 0. The van der Waals surface area contributed by atoms with E-state index in [9.17, 15) is 9.59 Å². The number of ether oxygens (including phenoxy) is 1. The molecule has 5 nitrogen and oxygen atoms in total. The van der Waals surface area contributed by atoms with E-state index < -0.39 is 0 Å². The summed E-state index contributed by atoms with van der Waals surface area (Å²) in [7, 11) is 0. The second-order valence-electron chi connectivity index (χ2n) is 6.76. The van der Waals surface area contributed by atoms with Gasteiger partial charge in [-0.1, -0.05) is 48.5 Å². The van der Waals surface area contributed by atoms with Crippen LogP contribution in [0.5, 0.6) is 11.5 Å². The highest BCUT2D eigenvalue weighted by Gasteiger charge is 2.14. The molecule has 31 heavy (non-hydrogen) atoms. The van der Waals surface area contributed by atoms with Crippen LogP contribution in [0.1, 0.15) is 20.7 Å². The number of amides is 2. The number of carbonyl (C=O) groups is 2. The van der Waals surface area contributed by atoms with Crippen LogP contribution in [-0.2, 0) is 0 Å². The molecule has 0 atom stereocenters. The van der Waals surface area contributed by atoms with Gasteiger partial charge in [-0.05, 0) is 60.7 Å². The van der Waals surface area contributed by atoms with Crippen molar-refractivity contribution in [3.8, 4) is 11.5 Å². The van der Waals surface area contributed by atoms with E-state index in [-0.39, 0.29) is 11.8 Å². The minimum absolute atomic E-state index is 0.275. The van der Waals surface area contributed by atoms with Crippen molar-refractivity contribution < 1.29 is 14.3 Å². The molecule has 0 bridgehead atoms. The zero-order valence-electron chi connectivity index (χ0n) is 16.6. The van der Waals surface area contributed by atoms with Crippen LogP contribution in [0.3, 0.4) is 0 Å². The predicted octanol–water partition coefficient (Wildman–Crippen LogP) is 5.98. The van der Waals surface area contributed by atoms with E-state index in [2.05, 4.69) is 10.6 Å². The van der Waals surface area contributed by atoms with Gasteiger partial charge in [-0.25, -0.2) is 0 Å². The smallest absolute Gasteiger partial charge is 0.257 e. The lowest BCUT2D eigenvalue weighted by atomic mass is 10.1. The molecule has 2 amide bonds. The summed E-state index contributed by atoms with van der Waals surface area (Å²) in [6.45, 7) is 0. The van der Waals surface area contributed by atoms with Crippen molar-refractivity contribution in [2.75, 3.05) is 10.6 Å². The van der Waals surface area contributed by atoms with Gasteiger partial charge in [0.2, 0.25) is 0 Å². The van der Waals surface area contributed by atoms with Gasteiger partial charge in [-0.3, -0.25) is 9.59 Å². The summed E-state index contributed by atoms with van der Waals surface area (Å²) in [6, 6.07) is 32.3. The second kappa shape index (κ2) is 9.41. The van der Waals surface area contributed by atoms with Crippen molar-refractivity contribution in [1.29, 1.82) is 0 Å². The lowest BCUT2D eigenvalue weighted by Gasteiger charge is -2.12. The predicted molar refractivity (Wildman–Crippen MR) is 122 cm³/mol. The highest BCUT2D eigenvalue weighted by Crippen LogP contribution is 2.24. The summed E-state index contributed by atoms with van der Waals surface area (Å²) in [5, 5.41) is 5.67. The van der Waals surface area contributed by atoms with Crippen LogP contribution in [0.2, 0.25) is 0 Å². The number of rotatable bonds is 6. The quantitative estimate of drug-likeness (QED) is 0.412. The molecular formula is C26H20N2O3. The molecular weight excluding hydrogens is 388 g/mol. The molecule has 0 saturated carbocycles. The fourth-order valence-electron chi connectivity index (χ4n) is 3.00. The molecule has 0 spiro atoms. The third kappa shape index (κ3) is 5.16. The van der Waals surface area contributed by atoms with Gasteiger partial charge in [0.05, 0.1) is 11.3 Å². The van der Waals surface area contributed by atoms with Crippen LogP contribution >= 0.6 is 0 Å². The molecule has 0 radical (unpaired) electrons. The zero-order chi connectivity index (χ0) is 21.5. The Kier molecular flexibility index (Phi) is 6.05. The molecule has 4 aromatic rings. The first-order valence-electron chi connectivity index (χ1n) is 9.79. The first kappa shape index (κ1) is 19.9. The maximum absolute atomic E-state index is 12.8. The Morgan fingerprint density at radius 1 is 0.548 bits per heavy atom. The molecule has 4 rings (SSSR count). The molecule has 0 aliphatic carbocycles. The Morgan fingerprint density at radius 2 is 1.13 bits per heavy atom. The van der Waals surface area contributed by atoms with Crippen molar-refractivity contribution in [2.24, 2.45) is 0 Å². The van der Waals surface area contributed by atoms with Crippen LogP contribution in [-0.4, -0.2) is 11.8 Å². The van der Waals surface area contributed by atoms with Crippen LogP contribution in [0, 0.1) is 0 Å². The first-order valence-corrected chi connectivity index (χ1v) is 9.79. The van der Waals surface area contributed by atoms with Gasteiger partial charge in [0.15, 0.2) is 0 Å². The molecule has 152 valence electrons. The van der Waals surface area contributed by atoms with Gasteiger partial charge >= 0.3 is 0 Å². The van der Waals surface area contributed by atoms with Gasteiger partial charge in [-0.15, -0.1) is 0 Å². The van der Waals surface area contributed by atoms with Crippen molar-refractivity contribution in [3.05, 3.63) is 120 Å². The maximum atomic E-state index is 12.8. The number of hydrogen-bond donors (Lipinski definition) is 2. The Morgan fingerprint density at radius 3 is 1.84 bits per heavy atom. The monoisotopic (exact) mass is 408 g/mol. The third-order valence-electron chi connectivity index (χ3n) is 4.55. The summed E-state index contributed by atoms with van der Waals surface area (Å²) < 4.78 is 5.77. The Bertz CT molecular complexity index is 1170. The lowest BCUT2D eigenvalue weighted by Crippen LogP contribution is -2.18. The van der Waals surface area contributed by atoms with E-state index in [4.69, 9.17) is 4.74 Å². The summed E-state index contributed by atoms with van der Waals surface area (Å²) in [4.78, 5) is 25.3. The van der Waals surface area contributed by atoms with Gasteiger partial charge in [0.1, 0.15) is 11.5 Å². The molecule has 2 N–H and O–H groups in total. The van der Waals surface area contributed by atoms with Crippen LogP contribution in [0.25, 0.3) is 0 Å². The van der Waals surface area contributed by atoms with E-state index in [1.165, 1.54) is 0 Å². The number of nitrogens with one attached hydrogen (secondary N) is 2. The Hall–Kier alpha value is -4.38. The normalized spacial score (nSPS) is 10.2. The molecule has 0 unspecified atom stereocenters. The van der Waals surface area contributed by atoms with E-state index >= 15 is 0 Å². The highest BCUT2D eigenvalue weighted by atomic mass is 16.5. The molecule has 0 aromatic heterocycles. The van der Waals surface area contributed by atoms with E-state index in [1.807, 2.05) is 36.4 Å². The van der Waals surface area contributed by atoms with E-state index in [0.29, 0.717) is 28.3 Å². The standard InChI is InChI=1S/C26H20N2O3/c29-25(19-9-3-1-4-10-19)28-24-14-8-7-13-23(24)26(30)27-20-15-17-22(18-16-20)31-21-11-5-2-6-12-21/h1-18H,(H,27,30)(H,28,29). The van der Waals surface area contributed by atoms with Crippen molar-refractivity contribution in [2.45, 2.75) is 0 Å². The maximum Gasteiger partial charge on any atom is 0.257 e. The molecule has 0 aliphatic heterocycles. The highest BCUT2D eigenvalue weighted by molar-refractivity contribution is 6.12. The second-order valence-corrected chi connectivity index (χ2v) is 6.76. The number of carbonyl (C=O) groups excluding carboxylic acids is 2. The van der Waals surface area contributed by atoms with Gasteiger partial charge in [0.25, 0.3) is 11.8 Å². The molecule has 4 aromatic carbocycles. The fourth-order valence-corrected chi connectivity index (χ4v) is 3.00. The summed E-state index contributed by atoms with van der Waals surface area (Å²) >= 11 is 0. The zero-order valence-corrected chi connectivity index (χ0v) is 16.6. The van der Waals surface area contributed by atoms with Crippen LogP contribution < -0.4 is 15.4 Å². The average molecular weight is 408 g/mol. The Balaban J connectivity index is 1.45. The lowest BCUT2D eigenvalue weighted by molar-refractivity contribution is 0.102. The van der Waals surface area contributed by atoms with E-state index in [0.717, 1.165) is 5.75 Å². The topological polar surface area (TPSA) is 67.4 Å². The van der Waals surface area contributed by atoms with Crippen LogP contribution in [0.15, 0.2) is 109 Å². The number of hydrogen-bond acceptors (Lipinski definition) is 3. The van der Waals surface area contributed by atoms with Crippen LogP contribution in [0.4, 0.5) is 11.4 Å². The average Bonchev–Trinajstić information content (AvgIpc) is 2.82. The fraction of sp³-hybridized carbons (Fsp3) is 0. The number of benzene rings is 4. The molecule has 0 saturated heterocycles. The molecule has 5 heteroatoms. The molecule has 0 aliphatic rings. The minimum Gasteiger partial charge on any atom is -0.457 e. The first-order chi connectivity index (χ1) is 15.2. The van der Waals surface area contributed by atoms with Gasteiger partial charge in [0, 0.05) is 11.3 Å². The van der Waals surface area contributed by atoms with Crippen molar-refractivity contribution in [1.82, 2.24) is 0 Å². The molecule has 0 heterocycles. The minimum atomic E-state index is -0.319. The Labute approximate surface area is 180 Å². The van der Waals surface area contributed by atoms with Gasteiger partial charge < -0.3 is 15.4 Å². The van der Waals surface area contributed by atoms with Crippen molar-refractivity contribution in [3.63, 3.8) is 0 Å². The number of para-hydroxylation sites is 2. The summed E-state index contributed by atoms with van der Waals surface area (Å²) in [5.41, 5.74) is 1.95. The van der Waals surface area contributed by atoms with E-state index in [1.54, 1.807) is 72.8 Å². The van der Waals surface area contributed by atoms with Crippen molar-refractivity contribution >= 4 is 23.2 Å². The largest absolute Gasteiger partial charge is 0.457 e. The summed E-state index contributed by atoms with van der Waals surface area (Å²) in [5.74, 6) is 0.811.